The van der Waals surface area contributed by atoms with Gasteiger partial charge >= 0.3 is 5.97 Å². The second kappa shape index (κ2) is 3.51. The average Bonchev–Trinajstić information content (AvgIpc) is 2.45. The molecule has 2 rings (SSSR count). The van der Waals surface area contributed by atoms with Gasteiger partial charge in [-0.3, -0.25) is 4.79 Å². The summed E-state index contributed by atoms with van der Waals surface area (Å²) in [6.45, 7) is 0. The number of methoxy groups -OCH3 is 1. The zero-order valence-corrected chi connectivity index (χ0v) is 8.45. The second-order valence-electron chi connectivity index (χ2n) is 4.52. The summed E-state index contributed by atoms with van der Waals surface area (Å²) in [5.74, 6) is -0.311. The van der Waals surface area contributed by atoms with Crippen molar-refractivity contribution in [3.8, 4) is 0 Å². The number of esters is 1. The van der Waals surface area contributed by atoms with Crippen molar-refractivity contribution in [3.63, 3.8) is 0 Å². The molecule has 0 spiro atoms. The van der Waals surface area contributed by atoms with Crippen molar-refractivity contribution in [1.82, 2.24) is 5.32 Å². The van der Waals surface area contributed by atoms with Crippen molar-refractivity contribution >= 4 is 5.97 Å². The summed E-state index contributed by atoms with van der Waals surface area (Å²) >= 11 is 0. The van der Waals surface area contributed by atoms with Crippen molar-refractivity contribution in [2.75, 3.05) is 7.11 Å². The Morgan fingerprint density at radius 3 is 2.57 bits per heavy atom. The minimum atomic E-state index is -0.829. The SMILES string of the molecule is COC(=O)CC1(O)CC2CCC(C1)N2. The molecule has 2 aliphatic heterocycles. The Kier molecular flexibility index (Phi) is 2.49. The van der Waals surface area contributed by atoms with Gasteiger partial charge in [0.15, 0.2) is 0 Å². The van der Waals surface area contributed by atoms with E-state index >= 15 is 0 Å². The molecular weight excluding hydrogens is 182 g/mol. The molecule has 4 heteroatoms. The van der Waals surface area contributed by atoms with E-state index in [0.717, 1.165) is 12.8 Å². The monoisotopic (exact) mass is 199 g/mol. The molecule has 2 N–H and O–H groups in total. The minimum absolute atomic E-state index is 0.137. The molecule has 2 unspecified atom stereocenters. The number of rotatable bonds is 2. The summed E-state index contributed by atoms with van der Waals surface area (Å²) in [7, 11) is 1.36. The molecule has 2 heterocycles. The van der Waals surface area contributed by atoms with Crippen molar-refractivity contribution in [2.45, 2.75) is 49.8 Å². The van der Waals surface area contributed by atoms with Gasteiger partial charge in [0.1, 0.15) is 0 Å². The van der Waals surface area contributed by atoms with E-state index in [0.29, 0.717) is 24.9 Å². The maximum absolute atomic E-state index is 11.1. The van der Waals surface area contributed by atoms with Gasteiger partial charge in [-0.05, 0) is 25.7 Å². The van der Waals surface area contributed by atoms with E-state index in [1.165, 1.54) is 7.11 Å². The summed E-state index contributed by atoms with van der Waals surface area (Å²) < 4.78 is 4.59. The van der Waals surface area contributed by atoms with Crippen LogP contribution in [0.3, 0.4) is 0 Å². The van der Waals surface area contributed by atoms with Crippen LogP contribution in [0, 0.1) is 0 Å². The molecule has 0 aromatic heterocycles. The first-order chi connectivity index (χ1) is 6.61. The van der Waals surface area contributed by atoms with E-state index in [1.54, 1.807) is 0 Å². The molecule has 0 saturated carbocycles. The molecule has 4 nitrogen and oxygen atoms in total. The van der Waals surface area contributed by atoms with E-state index in [2.05, 4.69) is 10.1 Å². The topological polar surface area (TPSA) is 58.6 Å². The average molecular weight is 199 g/mol. The molecule has 14 heavy (non-hydrogen) atoms. The van der Waals surface area contributed by atoms with Crippen LogP contribution in [0.15, 0.2) is 0 Å². The normalized spacial score (nSPS) is 41.0. The van der Waals surface area contributed by atoms with Gasteiger partial charge in [-0.25, -0.2) is 0 Å². The fourth-order valence-corrected chi connectivity index (χ4v) is 2.71. The quantitative estimate of drug-likeness (QED) is 0.623. The zero-order valence-electron chi connectivity index (χ0n) is 8.45. The fourth-order valence-electron chi connectivity index (χ4n) is 2.71. The first kappa shape index (κ1) is 9.93. The third kappa shape index (κ3) is 1.91. The lowest BCUT2D eigenvalue weighted by Crippen LogP contribution is -2.49. The van der Waals surface area contributed by atoms with Crippen LogP contribution in [0.1, 0.15) is 32.1 Å². The molecular formula is C10H17NO3. The van der Waals surface area contributed by atoms with Crippen LogP contribution in [0.5, 0.6) is 0 Å². The Morgan fingerprint density at radius 2 is 2.07 bits per heavy atom. The number of carbonyl (C=O) groups excluding carboxylic acids is 1. The maximum atomic E-state index is 11.1. The van der Waals surface area contributed by atoms with Gasteiger partial charge in [0.05, 0.1) is 19.1 Å². The highest BCUT2D eigenvalue weighted by Crippen LogP contribution is 2.35. The van der Waals surface area contributed by atoms with Crippen LogP contribution in [0.4, 0.5) is 0 Å². The van der Waals surface area contributed by atoms with E-state index < -0.39 is 5.60 Å². The van der Waals surface area contributed by atoms with Gasteiger partial charge in [-0.15, -0.1) is 0 Å². The molecule has 0 aromatic carbocycles. The largest absolute Gasteiger partial charge is 0.469 e. The van der Waals surface area contributed by atoms with E-state index in [9.17, 15) is 9.90 Å². The predicted molar refractivity (Wildman–Crippen MR) is 50.8 cm³/mol. The lowest BCUT2D eigenvalue weighted by atomic mass is 9.85. The summed E-state index contributed by atoms with van der Waals surface area (Å²) in [5.41, 5.74) is -0.829. The molecule has 2 bridgehead atoms. The molecule has 80 valence electrons. The van der Waals surface area contributed by atoms with Crippen molar-refractivity contribution in [1.29, 1.82) is 0 Å². The molecule has 2 saturated heterocycles. The number of hydrogen-bond acceptors (Lipinski definition) is 4. The Hall–Kier alpha value is -0.610. The summed E-state index contributed by atoms with van der Waals surface area (Å²) in [4.78, 5) is 11.1. The van der Waals surface area contributed by atoms with Gasteiger partial charge in [0.25, 0.3) is 0 Å². The molecule has 0 amide bonds. The van der Waals surface area contributed by atoms with E-state index in [4.69, 9.17) is 0 Å². The van der Waals surface area contributed by atoms with E-state index in [-0.39, 0.29) is 12.4 Å². The van der Waals surface area contributed by atoms with Crippen LogP contribution >= 0.6 is 0 Å². The van der Waals surface area contributed by atoms with Crippen LogP contribution in [-0.4, -0.2) is 35.9 Å². The third-order valence-corrected chi connectivity index (χ3v) is 3.29. The van der Waals surface area contributed by atoms with E-state index in [1.807, 2.05) is 0 Å². The van der Waals surface area contributed by atoms with Gasteiger partial charge in [-0.2, -0.15) is 0 Å². The van der Waals surface area contributed by atoms with Crippen molar-refractivity contribution in [2.24, 2.45) is 0 Å². The number of ether oxygens (including phenoxy) is 1. The first-order valence-electron chi connectivity index (χ1n) is 5.16. The smallest absolute Gasteiger partial charge is 0.308 e. The fraction of sp³-hybridized carbons (Fsp3) is 0.900. The number of aliphatic hydroxyl groups is 1. The lowest BCUT2D eigenvalue weighted by molar-refractivity contribution is -0.147. The lowest BCUT2D eigenvalue weighted by Gasteiger charge is -2.36. The van der Waals surface area contributed by atoms with Gasteiger partial charge in [0, 0.05) is 12.1 Å². The van der Waals surface area contributed by atoms with Gasteiger partial charge in [0.2, 0.25) is 0 Å². The van der Waals surface area contributed by atoms with Gasteiger partial charge < -0.3 is 15.2 Å². The second-order valence-corrected chi connectivity index (χ2v) is 4.52. The van der Waals surface area contributed by atoms with Crippen molar-refractivity contribution in [3.05, 3.63) is 0 Å². The maximum Gasteiger partial charge on any atom is 0.308 e. The molecule has 2 fully saturated rings. The highest BCUT2D eigenvalue weighted by Gasteiger charge is 2.43. The van der Waals surface area contributed by atoms with Crippen LogP contribution in [0.2, 0.25) is 0 Å². The highest BCUT2D eigenvalue weighted by molar-refractivity contribution is 5.70. The molecule has 2 aliphatic rings. The standard InChI is InChI=1S/C10H17NO3/c1-14-9(12)6-10(13)4-7-2-3-8(5-10)11-7/h7-8,11,13H,2-6H2,1H3. The Labute approximate surface area is 83.6 Å². The zero-order chi connectivity index (χ0) is 10.2. The summed E-state index contributed by atoms with van der Waals surface area (Å²) in [6.07, 6.45) is 3.73. The molecule has 0 radical (unpaired) electrons. The Morgan fingerprint density at radius 1 is 1.50 bits per heavy atom. The number of hydrogen-bond donors (Lipinski definition) is 2. The van der Waals surface area contributed by atoms with Crippen LogP contribution in [-0.2, 0) is 9.53 Å². The van der Waals surface area contributed by atoms with Crippen LogP contribution < -0.4 is 5.32 Å². The number of nitrogens with one attached hydrogen (secondary N) is 1. The molecule has 0 aliphatic carbocycles. The number of carbonyl (C=O) groups is 1. The summed E-state index contributed by atoms with van der Waals surface area (Å²) in [6, 6.07) is 0.784. The molecule has 2 atom stereocenters. The number of piperidine rings is 1. The first-order valence-corrected chi connectivity index (χ1v) is 5.16. The molecule has 0 aromatic rings. The summed E-state index contributed by atoms with van der Waals surface area (Å²) in [5, 5.41) is 13.6. The highest BCUT2D eigenvalue weighted by atomic mass is 16.5. The number of fused-ring (bicyclic) bond motifs is 2. The van der Waals surface area contributed by atoms with Crippen molar-refractivity contribution < 1.29 is 14.6 Å². The predicted octanol–water partition coefficient (Wildman–Crippen LogP) is 0.195. The Balaban J connectivity index is 1.98. The minimum Gasteiger partial charge on any atom is -0.469 e. The Bertz CT molecular complexity index is 230. The third-order valence-electron chi connectivity index (χ3n) is 3.29. The van der Waals surface area contributed by atoms with Gasteiger partial charge in [-0.1, -0.05) is 0 Å². The van der Waals surface area contributed by atoms with Crippen LogP contribution in [0.25, 0.3) is 0 Å².